The molecule has 2 aliphatic heterocycles. The minimum Gasteiger partial charge on any atom is -0.384 e. The van der Waals surface area contributed by atoms with Crippen LogP contribution in [0, 0.1) is 11.3 Å². The number of ether oxygens (including phenoxy) is 1. The molecule has 1 aliphatic carbocycles. The average Bonchev–Trinajstić information content (AvgIpc) is 3.26. The summed E-state index contributed by atoms with van der Waals surface area (Å²) in [6.45, 7) is 2.44. The Morgan fingerprint density at radius 3 is 2.63 bits per heavy atom. The predicted octanol–water partition coefficient (Wildman–Crippen LogP) is 2.59. The first-order valence-corrected chi connectivity index (χ1v) is 12.8. The highest BCUT2D eigenvalue weighted by Gasteiger charge is 2.58. The molecular weight excluding hydrogens is 442 g/mol. The average molecular weight is 482 g/mol. The van der Waals surface area contributed by atoms with Crippen molar-refractivity contribution in [2.75, 3.05) is 7.11 Å². The number of fused-ring (bicyclic) bond motifs is 1. The quantitative estimate of drug-likeness (QED) is 0.257. The third-order valence-electron chi connectivity index (χ3n) is 8.06. The number of benzene rings is 1. The van der Waals surface area contributed by atoms with Crippen LogP contribution in [0.1, 0.15) is 69.4 Å². The van der Waals surface area contributed by atoms with Crippen molar-refractivity contribution in [2.24, 2.45) is 17.4 Å². The third-order valence-corrected chi connectivity index (χ3v) is 8.06. The molecule has 1 aromatic carbocycles. The molecule has 35 heavy (non-hydrogen) atoms. The van der Waals surface area contributed by atoms with Crippen LogP contribution in [0.5, 0.6) is 0 Å². The number of nitrogen functional groups attached to an aromatic ring is 1. The van der Waals surface area contributed by atoms with Gasteiger partial charge in [-0.1, -0.05) is 49.3 Å². The number of amidine groups is 1. The van der Waals surface area contributed by atoms with Crippen molar-refractivity contribution in [1.82, 2.24) is 10.2 Å². The second kappa shape index (κ2) is 10.5. The smallest absolute Gasteiger partial charge is 0.244 e. The summed E-state index contributed by atoms with van der Waals surface area (Å²) in [5, 5.41) is 10.5. The first kappa shape index (κ1) is 25.4. The molecule has 2 heterocycles. The van der Waals surface area contributed by atoms with Crippen molar-refractivity contribution in [3.05, 3.63) is 47.0 Å². The lowest BCUT2D eigenvalue weighted by Crippen LogP contribution is -2.68. The number of rotatable bonds is 8. The number of allylic oxidation sites excluding steroid dienone is 1. The van der Waals surface area contributed by atoms with E-state index < -0.39 is 11.6 Å². The summed E-state index contributed by atoms with van der Waals surface area (Å²) in [7, 11) is 1.68. The van der Waals surface area contributed by atoms with Crippen LogP contribution in [-0.2, 0) is 20.9 Å². The monoisotopic (exact) mass is 481 g/mol. The van der Waals surface area contributed by atoms with Gasteiger partial charge in [0.05, 0.1) is 12.1 Å². The molecule has 2 fully saturated rings. The molecule has 0 saturated carbocycles. The van der Waals surface area contributed by atoms with Crippen molar-refractivity contribution in [3.63, 3.8) is 0 Å². The first-order chi connectivity index (χ1) is 16.8. The molecule has 4 rings (SSSR count). The van der Waals surface area contributed by atoms with Crippen LogP contribution in [0.15, 0.2) is 35.9 Å². The van der Waals surface area contributed by atoms with Crippen LogP contribution < -0.4 is 16.8 Å². The maximum absolute atomic E-state index is 13.9. The zero-order valence-electron chi connectivity index (χ0n) is 20.9. The number of carbonyl (C=O) groups excluding carboxylic acids is 2. The van der Waals surface area contributed by atoms with Crippen molar-refractivity contribution in [2.45, 2.75) is 88.6 Å². The lowest BCUT2D eigenvalue weighted by molar-refractivity contribution is -0.157. The Hall–Kier alpha value is -2.71. The van der Waals surface area contributed by atoms with Gasteiger partial charge in [-0.15, -0.1) is 0 Å². The fraction of sp³-hybridized carbons (Fsp3) is 0.593. The lowest BCUT2D eigenvalue weighted by atomic mass is 9.76. The molecule has 3 aliphatic rings. The minimum absolute atomic E-state index is 0.00811. The molecule has 2 amide bonds. The lowest BCUT2D eigenvalue weighted by Gasteiger charge is -2.48. The molecule has 8 nitrogen and oxygen atoms in total. The van der Waals surface area contributed by atoms with E-state index in [1.165, 1.54) is 12.0 Å². The molecule has 5 atom stereocenters. The molecular formula is C27H39N5O3. The van der Waals surface area contributed by atoms with Gasteiger partial charge in [0.25, 0.3) is 0 Å². The third kappa shape index (κ3) is 5.14. The van der Waals surface area contributed by atoms with Gasteiger partial charge >= 0.3 is 0 Å². The van der Waals surface area contributed by atoms with Crippen LogP contribution in [0.4, 0.5) is 0 Å². The Bertz CT molecular complexity index is 991. The Balaban J connectivity index is 1.53. The number of nitrogens with two attached hydrogens (primary N) is 2. The molecule has 0 spiro atoms. The van der Waals surface area contributed by atoms with Gasteiger partial charge in [0.2, 0.25) is 11.8 Å². The van der Waals surface area contributed by atoms with E-state index in [1.807, 2.05) is 12.1 Å². The van der Waals surface area contributed by atoms with E-state index in [0.29, 0.717) is 31.4 Å². The fourth-order valence-corrected chi connectivity index (χ4v) is 6.15. The maximum Gasteiger partial charge on any atom is 0.244 e. The topological polar surface area (TPSA) is 135 Å². The van der Waals surface area contributed by atoms with Crippen molar-refractivity contribution < 1.29 is 14.3 Å². The number of hydrogen-bond donors (Lipinski definition) is 4. The molecule has 8 heteroatoms. The highest BCUT2D eigenvalue weighted by molar-refractivity contribution is 5.95. The number of piperidine rings is 1. The van der Waals surface area contributed by atoms with Crippen LogP contribution in [0.25, 0.3) is 0 Å². The number of hydrogen-bond acceptors (Lipinski definition) is 5. The number of nitrogens with one attached hydrogen (secondary N) is 2. The second-order valence-electron chi connectivity index (χ2n) is 10.4. The van der Waals surface area contributed by atoms with Gasteiger partial charge in [-0.25, -0.2) is 0 Å². The van der Waals surface area contributed by atoms with E-state index in [2.05, 4.69) is 18.3 Å². The second-order valence-corrected chi connectivity index (χ2v) is 10.4. The molecule has 1 aromatic rings. The Labute approximate surface area is 207 Å². The van der Waals surface area contributed by atoms with Gasteiger partial charge in [-0.2, -0.15) is 0 Å². The van der Waals surface area contributed by atoms with E-state index in [1.54, 1.807) is 24.1 Å². The van der Waals surface area contributed by atoms with E-state index in [-0.39, 0.29) is 35.7 Å². The molecule has 0 radical (unpaired) electrons. The van der Waals surface area contributed by atoms with Gasteiger partial charge in [-0.05, 0) is 50.0 Å². The highest BCUT2D eigenvalue weighted by atomic mass is 16.5. The van der Waals surface area contributed by atoms with E-state index in [0.717, 1.165) is 31.2 Å². The summed E-state index contributed by atoms with van der Waals surface area (Å²) < 4.78 is 5.91. The Morgan fingerprint density at radius 2 is 2.03 bits per heavy atom. The van der Waals surface area contributed by atoms with Gasteiger partial charge < -0.3 is 26.4 Å². The molecule has 190 valence electrons. The predicted molar refractivity (Wildman–Crippen MR) is 136 cm³/mol. The number of amides is 2. The summed E-state index contributed by atoms with van der Waals surface area (Å²) in [5.41, 5.74) is 14.1. The standard InChI is InChI=1S/C27H39N5O3/c1-3-19-13-21(25(33)31-16-18-9-11-20(12-10-18)24(28)29)32-23(19)22(35-2)15-27(30,26(32)34)14-17-7-5-4-6-8-17/h7,9-12,19,21-23H,3-6,8,13-16,30H2,1-2H3,(H3,28,29)(H,31,33)/t19-,21+,22+,23+,27-/m1/s1. The summed E-state index contributed by atoms with van der Waals surface area (Å²) in [6.07, 6.45) is 8.87. The van der Waals surface area contributed by atoms with E-state index in [4.69, 9.17) is 21.6 Å². The zero-order valence-corrected chi connectivity index (χ0v) is 20.9. The van der Waals surface area contributed by atoms with Crippen molar-refractivity contribution in [3.8, 4) is 0 Å². The SMILES string of the molecule is CC[C@@H]1C[C@@H](C(=O)NCc2ccc(C(=N)N)cc2)N2C(=O)[C@@](N)(CC3=CCCCC3)C[C@H](OC)[C@H]12. The van der Waals surface area contributed by atoms with Gasteiger partial charge in [-0.3, -0.25) is 15.0 Å². The fourth-order valence-electron chi connectivity index (χ4n) is 6.15. The maximum atomic E-state index is 13.9. The van der Waals surface area contributed by atoms with E-state index in [9.17, 15) is 9.59 Å². The Morgan fingerprint density at radius 1 is 1.29 bits per heavy atom. The highest BCUT2D eigenvalue weighted by Crippen LogP contribution is 2.44. The number of carbonyl (C=O) groups is 2. The van der Waals surface area contributed by atoms with Crippen molar-refractivity contribution >= 4 is 17.6 Å². The van der Waals surface area contributed by atoms with Crippen LogP contribution >= 0.6 is 0 Å². The minimum atomic E-state index is -1.05. The van der Waals surface area contributed by atoms with Gasteiger partial charge in [0, 0.05) is 25.6 Å². The summed E-state index contributed by atoms with van der Waals surface area (Å²) in [5.74, 6) is -0.0863. The number of methoxy groups -OCH3 is 1. The van der Waals surface area contributed by atoms with Gasteiger partial charge in [0.15, 0.2) is 0 Å². The van der Waals surface area contributed by atoms with Crippen LogP contribution in [0.3, 0.4) is 0 Å². The summed E-state index contributed by atoms with van der Waals surface area (Å²) in [4.78, 5) is 29.1. The summed E-state index contributed by atoms with van der Waals surface area (Å²) >= 11 is 0. The molecule has 6 N–H and O–H groups in total. The zero-order chi connectivity index (χ0) is 25.2. The normalized spacial score (nSPS) is 30.5. The molecule has 0 bridgehead atoms. The van der Waals surface area contributed by atoms with Crippen LogP contribution in [-0.4, -0.2) is 53.4 Å². The molecule has 2 saturated heterocycles. The molecule has 0 aromatic heterocycles. The number of nitrogens with zero attached hydrogens (tertiary/aromatic N) is 1. The molecule has 0 unspecified atom stereocenters. The largest absolute Gasteiger partial charge is 0.384 e. The van der Waals surface area contributed by atoms with Crippen molar-refractivity contribution in [1.29, 1.82) is 5.41 Å². The van der Waals surface area contributed by atoms with Crippen LogP contribution in [0.2, 0.25) is 0 Å². The Kier molecular flexibility index (Phi) is 7.62. The summed E-state index contributed by atoms with van der Waals surface area (Å²) in [6, 6.07) is 6.53. The van der Waals surface area contributed by atoms with Gasteiger partial charge in [0.1, 0.15) is 17.4 Å². The van der Waals surface area contributed by atoms with E-state index >= 15 is 0 Å². The first-order valence-electron chi connectivity index (χ1n) is 12.8.